The van der Waals surface area contributed by atoms with Crippen LogP contribution < -0.4 is 15.4 Å². The summed E-state index contributed by atoms with van der Waals surface area (Å²) in [6.45, 7) is 0.329. The predicted molar refractivity (Wildman–Crippen MR) is 114 cm³/mol. The molecule has 0 aliphatic rings. The number of nitrogens with one attached hydrogen (secondary N) is 2. The normalized spacial score (nSPS) is 10.3. The molecule has 2 N–H and O–H groups in total. The number of benzene rings is 2. The van der Waals surface area contributed by atoms with E-state index in [1.54, 1.807) is 12.3 Å². The SMILES string of the molecule is O=C(NCc1ccccn1)c1cc(Nc2ccc(Oc3ccccc3)cc2)ncn1. The highest BCUT2D eigenvalue weighted by Gasteiger charge is 2.09. The topological polar surface area (TPSA) is 89.0 Å². The highest BCUT2D eigenvalue weighted by molar-refractivity contribution is 5.92. The number of nitrogens with zero attached hydrogens (tertiary/aromatic N) is 3. The maximum Gasteiger partial charge on any atom is 0.270 e. The van der Waals surface area contributed by atoms with Crippen LogP contribution in [0, 0.1) is 0 Å². The predicted octanol–water partition coefficient (Wildman–Crippen LogP) is 4.34. The Morgan fingerprint density at radius 2 is 1.60 bits per heavy atom. The van der Waals surface area contributed by atoms with Gasteiger partial charge < -0.3 is 15.4 Å². The van der Waals surface area contributed by atoms with Crippen LogP contribution in [0.5, 0.6) is 11.5 Å². The number of ether oxygens (including phenoxy) is 1. The van der Waals surface area contributed by atoms with E-state index in [4.69, 9.17) is 4.74 Å². The summed E-state index contributed by atoms with van der Waals surface area (Å²) in [5, 5.41) is 5.97. The van der Waals surface area contributed by atoms with Gasteiger partial charge in [-0.1, -0.05) is 24.3 Å². The van der Waals surface area contributed by atoms with E-state index in [1.807, 2.05) is 72.8 Å². The van der Waals surface area contributed by atoms with Gasteiger partial charge in [-0.25, -0.2) is 9.97 Å². The second-order valence-corrected chi connectivity index (χ2v) is 6.36. The number of carbonyl (C=O) groups excluding carboxylic acids is 1. The van der Waals surface area contributed by atoms with Crippen LogP contribution in [-0.2, 0) is 6.54 Å². The molecule has 0 atom stereocenters. The number of pyridine rings is 1. The van der Waals surface area contributed by atoms with E-state index < -0.39 is 0 Å². The van der Waals surface area contributed by atoms with E-state index in [0.717, 1.165) is 22.9 Å². The second-order valence-electron chi connectivity index (χ2n) is 6.36. The quantitative estimate of drug-likeness (QED) is 0.482. The Balaban J connectivity index is 1.37. The first-order chi connectivity index (χ1) is 14.8. The van der Waals surface area contributed by atoms with Gasteiger partial charge in [-0.15, -0.1) is 0 Å². The van der Waals surface area contributed by atoms with E-state index >= 15 is 0 Å². The van der Waals surface area contributed by atoms with Crippen LogP contribution >= 0.6 is 0 Å². The molecule has 0 radical (unpaired) electrons. The standard InChI is InChI=1S/C23H19N5O2/c29-23(25-15-18-6-4-5-13-24-18)21-14-22(27-16-26-21)28-17-9-11-20(12-10-17)30-19-7-2-1-3-8-19/h1-14,16H,15H2,(H,25,29)(H,26,27,28). The van der Waals surface area contributed by atoms with Gasteiger partial charge in [0, 0.05) is 18.0 Å². The maximum atomic E-state index is 12.4. The summed E-state index contributed by atoms with van der Waals surface area (Å²) >= 11 is 0. The number of amides is 1. The molecule has 0 aliphatic heterocycles. The lowest BCUT2D eigenvalue weighted by atomic mass is 10.3. The highest BCUT2D eigenvalue weighted by Crippen LogP contribution is 2.23. The summed E-state index contributed by atoms with van der Waals surface area (Å²) in [6, 6.07) is 24.2. The fourth-order valence-corrected chi connectivity index (χ4v) is 2.69. The van der Waals surface area contributed by atoms with Gasteiger partial charge >= 0.3 is 0 Å². The average molecular weight is 397 g/mol. The number of hydrogen-bond donors (Lipinski definition) is 2. The van der Waals surface area contributed by atoms with Crippen molar-refractivity contribution in [1.82, 2.24) is 20.3 Å². The third-order valence-corrected chi connectivity index (χ3v) is 4.16. The van der Waals surface area contributed by atoms with Crippen molar-refractivity contribution in [3.63, 3.8) is 0 Å². The van der Waals surface area contributed by atoms with Crippen LogP contribution in [0.15, 0.2) is 91.4 Å². The smallest absolute Gasteiger partial charge is 0.270 e. The van der Waals surface area contributed by atoms with Crippen molar-refractivity contribution >= 4 is 17.4 Å². The van der Waals surface area contributed by atoms with Crippen molar-refractivity contribution in [2.75, 3.05) is 5.32 Å². The third kappa shape index (κ3) is 5.17. The zero-order chi connectivity index (χ0) is 20.6. The van der Waals surface area contributed by atoms with Crippen molar-refractivity contribution in [3.8, 4) is 11.5 Å². The molecule has 7 heteroatoms. The van der Waals surface area contributed by atoms with E-state index in [1.165, 1.54) is 6.33 Å². The molecule has 148 valence electrons. The number of rotatable bonds is 7. The highest BCUT2D eigenvalue weighted by atomic mass is 16.5. The molecule has 0 spiro atoms. The Hall–Kier alpha value is -4.26. The number of anilines is 2. The molecule has 30 heavy (non-hydrogen) atoms. The van der Waals surface area contributed by atoms with Gasteiger partial charge in [-0.05, 0) is 48.5 Å². The molecule has 7 nitrogen and oxygen atoms in total. The van der Waals surface area contributed by atoms with Crippen LogP contribution in [0.4, 0.5) is 11.5 Å². The zero-order valence-corrected chi connectivity index (χ0v) is 16.0. The van der Waals surface area contributed by atoms with Crippen LogP contribution in [0.25, 0.3) is 0 Å². The van der Waals surface area contributed by atoms with Gasteiger partial charge in [0.05, 0.1) is 12.2 Å². The second kappa shape index (κ2) is 9.29. The van der Waals surface area contributed by atoms with Crippen molar-refractivity contribution in [2.24, 2.45) is 0 Å². The molecule has 2 aromatic carbocycles. The molecule has 1 amide bonds. The van der Waals surface area contributed by atoms with Crippen molar-refractivity contribution in [1.29, 1.82) is 0 Å². The molecule has 4 rings (SSSR count). The van der Waals surface area contributed by atoms with Crippen molar-refractivity contribution < 1.29 is 9.53 Å². The molecule has 0 saturated carbocycles. The zero-order valence-electron chi connectivity index (χ0n) is 16.0. The average Bonchev–Trinajstić information content (AvgIpc) is 2.80. The fraction of sp³-hybridized carbons (Fsp3) is 0.0435. The first kappa shape index (κ1) is 19.1. The summed E-state index contributed by atoms with van der Waals surface area (Å²) in [5.74, 6) is 1.72. The maximum absolute atomic E-state index is 12.4. The Morgan fingerprint density at radius 1 is 0.833 bits per heavy atom. The minimum Gasteiger partial charge on any atom is -0.457 e. The molecule has 2 heterocycles. The number of hydrogen-bond acceptors (Lipinski definition) is 6. The van der Waals surface area contributed by atoms with Gasteiger partial charge in [-0.3, -0.25) is 9.78 Å². The number of carbonyl (C=O) groups is 1. The lowest BCUT2D eigenvalue weighted by Gasteiger charge is -2.09. The summed E-state index contributed by atoms with van der Waals surface area (Å²) in [5.41, 5.74) is 1.86. The first-order valence-electron chi connectivity index (χ1n) is 9.36. The Kier molecular flexibility index (Phi) is 5.91. The Bertz CT molecular complexity index is 1100. The molecule has 0 saturated heterocycles. The van der Waals surface area contributed by atoms with Gasteiger partial charge in [0.2, 0.25) is 0 Å². The van der Waals surface area contributed by atoms with E-state index in [9.17, 15) is 4.79 Å². The molecule has 2 aromatic heterocycles. The summed E-state index contributed by atoms with van der Waals surface area (Å²) in [6.07, 6.45) is 3.04. The summed E-state index contributed by atoms with van der Waals surface area (Å²) in [7, 11) is 0. The Labute approximate surface area is 173 Å². The van der Waals surface area contributed by atoms with Crippen LogP contribution in [0.2, 0.25) is 0 Å². The molecular formula is C23H19N5O2. The number of para-hydroxylation sites is 1. The lowest BCUT2D eigenvalue weighted by Crippen LogP contribution is -2.24. The van der Waals surface area contributed by atoms with Crippen molar-refractivity contribution in [3.05, 3.63) is 103 Å². The van der Waals surface area contributed by atoms with Gasteiger partial charge in [0.1, 0.15) is 29.3 Å². The molecule has 4 aromatic rings. The van der Waals surface area contributed by atoms with E-state index in [2.05, 4.69) is 25.6 Å². The van der Waals surface area contributed by atoms with Crippen LogP contribution in [-0.4, -0.2) is 20.9 Å². The molecule has 0 bridgehead atoms. The van der Waals surface area contributed by atoms with Gasteiger partial charge in [-0.2, -0.15) is 0 Å². The minimum atomic E-state index is -0.294. The summed E-state index contributed by atoms with van der Waals surface area (Å²) < 4.78 is 5.79. The largest absolute Gasteiger partial charge is 0.457 e. The van der Waals surface area contributed by atoms with E-state index in [-0.39, 0.29) is 11.6 Å². The number of aromatic nitrogens is 3. The van der Waals surface area contributed by atoms with Crippen LogP contribution in [0.1, 0.15) is 16.2 Å². The van der Waals surface area contributed by atoms with E-state index in [0.29, 0.717) is 12.4 Å². The first-order valence-corrected chi connectivity index (χ1v) is 9.36. The lowest BCUT2D eigenvalue weighted by molar-refractivity contribution is 0.0945. The fourth-order valence-electron chi connectivity index (χ4n) is 2.69. The van der Waals surface area contributed by atoms with Gasteiger partial charge in [0.15, 0.2) is 0 Å². The summed E-state index contributed by atoms with van der Waals surface area (Å²) in [4.78, 5) is 24.8. The molecular weight excluding hydrogens is 378 g/mol. The van der Waals surface area contributed by atoms with Crippen molar-refractivity contribution in [2.45, 2.75) is 6.54 Å². The monoisotopic (exact) mass is 397 g/mol. The molecule has 0 fully saturated rings. The minimum absolute atomic E-state index is 0.271. The molecule has 0 aliphatic carbocycles. The van der Waals surface area contributed by atoms with Crippen LogP contribution in [0.3, 0.4) is 0 Å². The Morgan fingerprint density at radius 3 is 2.37 bits per heavy atom. The van der Waals surface area contributed by atoms with Gasteiger partial charge in [0.25, 0.3) is 5.91 Å². The molecule has 0 unspecified atom stereocenters. The third-order valence-electron chi connectivity index (χ3n) is 4.16.